The second kappa shape index (κ2) is 4.62. The number of nitrogens with one attached hydrogen (secondary N) is 2. The molecule has 0 fully saturated rings. The van der Waals surface area contributed by atoms with E-state index >= 15 is 0 Å². The van der Waals surface area contributed by atoms with E-state index in [-0.39, 0.29) is 11.9 Å². The highest BCUT2D eigenvalue weighted by Crippen LogP contribution is 2.42. The lowest BCUT2D eigenvalue weighted by molar-refractivity contribution is 0.608. The highest BCUT2D eigenvalue weighted by atomic mass is 19.1. The molecule has 1 heterocycles. The highest BCUT2D eigenvalue weighted by Gasteiger charge is 2.31. The molecule has 0 saturated heterocycles. The van der Waals surface area contributed by atoms with Crippen molar-refractivity contribution in [2.45, 2.75) is 25.8 Å². The van der Waals surface area contributed by atoms with Crippen LogP contribution < -0.4 is 16.4 Å². The minimum absolute atomic E-state index is 0.0709. The Morgan fingerprint density at radius 1 is 1.53 bits per heavy atom. The van der Waals surface area contributed by atoms with Crippen LogP contribution in [-0.2, 0) is 6.42 Å². The molecule has 0 spiro atoms. The Morgan fingerprint density at radius 2 is 2.32 bits per heavy atom. The van der Waals surface area contributed by atoms with Gasteiger partial charge in [0.2, 0.25) is 0 Å². The smallest absolute Gasteiger partial charge is 0.128 e. The van der Waals surface area contributed by atoms with Crippen molar-refractivity contribution in [1.29, 1.82) is 0 Å². The van der Waals surface area contributed by atoms with Crippen molar-refractivity contribution < 1.29 is 4.39 Å². The molecule has 0 aromatic heterocycles. The summed E-state index contributed by atoms with van der Waals surface area (Å²) in [6.07, 6.45) is 1.77. The molecule has 2 aliphatic rings. The fourth-order valence-electron chi connectivity index (χ4n) is 3.30. The zero-order valence-electron chi connectivity index (χ0n) is 11.4. The second-order valence-corrected chi connectivity index (χ2v) is 5.43. The fraction of sp³-hybridized carbons (Fsp3) is 0.467. The monoisotopic (exact) mass is 261 g/mol. The normalized spacial score (nSPS) is 21.2. The van der Waals surface area contributed by atoms with E-state index < -0.39 is 0 Å². The van der Waals surface area contributed by atoms with Crippen LogP contribution in [0.2, 0.25) is 0 Å². The molecule has 3 rings (SSSR count). The summed E-state index contributed by atoms with van der Waals surface area (Å²) in [5.74, 6) is -0.117. The van der Waals surface area contributed by atoms with E-state index in [0.29, 0.717) is 0 Å². The predicted molar refractivity (Wildman–Crippen MR) is 76.8 cm³/mol. The van der Waals surface area contributed by atoms with Crippen LogP contribution >= 0.6 is 0 Å². The summed E-state index contributed by atoms with van der Waals surface area (Å²) in [7, 11) is 1.94. The number of likely N-dealkylation sites (N-methyl/N-ethyl adjacent to an activating group) is 1. The first kappa shape index (κ1) is 12.6. The molecule has 1 atom stereocenters. The van der Waals surface area contributed by atoms with Gasteiger partial charge < -0.3 is 16.4 Å². The molecule has 1 aliphatic carbocycles. The van der Waals surface area contributed by atoms with Crippen molar-refractivity contribution in [2.24, 2.45) is 5.73 Å². The van der Waals surface area contributed by atoms with E-state index in [1.165, 1.54) is 11.1 Å². The van der Waals surface area contributed by atoms with Crippen molar-refractivity contribution in [1.82, 2.24) is 5.32 Å². The number of halogens is 1. The molecule has 1 aromatic rings. The van der Waals surface area contributed by atoms with Gasteiger partial charge in [-0.2, -0.15) is 0 Å². The standard InChI is InChI=1S/C15H20FN3/c1-8-10-3-4-12(17)14-9(6-18-2)7-19-13(15(10)14)5-11(8)16/h5,12,18-19H,3-4,6-7,17H2,1-2H3/t12-/m0/s1. The summed E-state index contributed by atoms with van der Waals surface area (Å²) >= 11 is 0. The van der Waals surface area contributed by atoms with Crippen molar-refractivity contribution in [3.63, 3.8) is 0 Å². The van der Waals surface area contributed by atoms with Gasteiger partial charge in [0, 0.05) is 30.4 Å². The first-order chi connectivity index (χ1) is 9.13. The van der Waals surface area contributed by atoms with Crippen molar-refractivity contribution in [2.75, 3.05) is 25.5 Å². The maximum atomic E-state index is 13.9. The molecule has 102 valence electrons. The van der Waals surface area contributed by atoms with Gasteiger partial charge in [-0.15, -0.1) is 0 Å². The topological polar surface area (TPSA) is 50.1 Å². The largest absolute Gasteiger partial charge is 0.381 e. The van der Waals surface area contributed by atoms with Crippen LogP contribution in [0.4, 0.5) is 10.1 Å². The van der Waals surface area contributed by atoms with Gasteiger partial charge in [0.1, 0.15) is 5.82 Å². The summed E-state index contributed by atoms with van der Waals surface area (Å²) in [6, 6.07) is 1.68. The molecule has 0 saturated carbocycles. The average molecular weight is 261 g/mol. The maximum absolute atomic E-state index is 13.9. The van der Waals surface area contributed by atoms with E-state index in [1.54, 1.807) is 6.07 Å². The van der Waals surface area contributed by atoms with Gasteiger partial charge in [-0.3, -0.25) is 0 Å². The van der Waals surface area contributed by atoms with Crippen LogP contribution in [0.5, 0.6) is 0 Å². The van der Waals surface area contributed by atoms with Crippen molar-refractivity contribution in [3.05, 3.63) is 34.1 Å². The van der Waals surface area contributed by atoms with Crippen LogP contribution in [0.15, 0.2) is 11.6 Å². The number of benzene rings is 1. The van der Waals surface area contributed by atoms with Gasteiger partial charge in [0.15, 0.2) is 0 Å². The predicted octanol–water partition coefficient (Wildman–Crippen LogP) is 1.81. The van der Waals surface area contributed by atoms with Crippen LogP contribution in [0.1, 0.15) is 23.1 Å². The van der Waals surface area contributed by atoms with Gasteiger partial charge in [0.05, 0.1) is 0 Å². The summed E-state index contributed by atoms with van der Waals surface area (Å²) in [5, 5.41) is 6.53. The molecule has 0 bridgehead atoms. The van der Waals surface area contributed by atoms with Crippen LogP contribution in [0.3, 0.4) is 0 Å². The Labute approximate surface area is 113 Å². The number of hydrogen-bond acceptors (Lipinski definition) is 3. The zero-order chi connectivity index (χ0) is 13.6. The van der Waals surface area contributed by atoms with Gasteiger partial charge >= 0.3 is 0 Å². The van der Waals surface area contributed by atoms with Crippen LogP contribution in [0, 0.1) is 12.7 Å². The number of nitrogens with two attached hydrogens (primary N) is 1. The Balaban J connectivity index is 2.25. The molecule has 0 amide bonds. The summed E-state index contributed by atoms with van der Waals surface area (Å²) in [6.45, 7) is 3.44. The maximum Gasteiger partial charge on any atom is 0.128 e. The molecule has 0 unspecified atom stereocenters. The molecule has 0 radical (unpaired) electrons. The first-order valence-electron chi connectivity index (χ1n) is 6.81. The molecule has 1 aromatic carbocycles. The molecule has 19 heavy (non-hydrogen) atoms. The third-order valence-corrected chi connectivity index (χ3v) is 4.26. The van der Waals surface area contributed by atoms with E-state index in [0.717, 1.165) is 48.3 Å². The van der Waals surface area contributed by atoms with E-state index in [4.69, 9.17) is 5.73 Å². The second-order valence-electron chi connectivity index (χ2n) is 5.43. The average Bonchev–Trinajstić information content (AvgIpc) is 2.40. The number of hydrogen-bond donors (Lipinski definition) is 3. The molecule has 4 heteroatoms. The van der Waals surface area contributed by atoms with Crippen molar-refractivity contribution >= 4 is 11.3 Å². The lowest BCUT2D eigenvalue weighted by Crippen LogP contribution is -2.34. The number of rotatable bonds is 2. The highest BCUT2D eigenvalue weighted by molar-refractivity contribution is 5.88. The Hall–Kier alpha value is -1.39. The Kier molecular flexibility index (Phi) is 3.07. The number of anilines is 1. The molecule has 4 N–H and O–H groups in total. The Morgan fingerprint density at radius 3 is 3.05 bits per heavy atom. The van der Waals surface area contributed by atoms with Crippen LogP contribution in [-0.4, -0.2) is 26.2 Å². The lowest BCUT2D eigenvalue weighted by Gasteiger charge is -2.35. The summed E-state index contributed by atoms with van der Waals surface area (Å²) in [4.78, 5) is 0. The van der Waals surface area contributed by atoms with E-state index in [2.05, 4.69) is 10.6 Å². The van der Waals surface area contributed by atoms with Gasteiger partial charge in [-0.25, -0.2) is 4.39 Å². The molecule has 1 aliphatic heterocycles. The zero-order valence-corrected chi connectivity index (χ0v) is 11.4. The van der Waals surface area contributed by atoms with Gasteiger partial charge in [-0.05, 0) is 55.2 Å². The molecular weight excluding hydrogens is 241 g/mol. The first-order valence-corrected chi connectivity index (χ1v) is 6.81. The van der Waals surface area contributed by atoms with E-state index in [9.17, 15) is 4.39 Å². The third-order valence-electron chi connectivity index (χ3n) is 4.26. The SMILES string of the molecule is CNCC1=C2c3c(cc(F)c(C)c3CC[C@@H]2N)NC1. The Bertz CT molecular complexity index is 563. The lowest BCUT2D eigenvalue weighted by atomic mass is 9.77. The fourth-order valence-corrected chi connectivity index (χ4v) is 3.30. The molecule has 3 nitrogen and oxygen atoms in total. The summed E-state index contributed by atoms with van der Waals surface area (Å²) in [5.41, 5.74) is 12.8. The van der Waals surface area contributed by atoms with Gasteiger partial charge in [-0.1, -0.05) is 0 Å². The van der Waals surface area contributed by atoms with Gasteiger partial charge in [0.25, 0.3) is 0 Å². The van der Waals surface area contributed by atoms with Crippen molar-refractivity contribution in [3.8, 4) is 0 Å². The van der Waals surface area contributed by atoms with Crippen LogP contribution in [0.25, 0.3) is 5.57 Å². The van der Waals surface area contributed by atoms with E-state index in [1.807, 2.05) is 14.0 Å². The third kappa shape index (κ3) is 1.86. The quantitative estimate of drug-likeness (QED) is 0.761. The minimum atomic E-state index is -0.117. The minimum Gasteiger partial charge on any atom is -0.381 e. The molecular formula is C15H20FN3. The summed E-state index contributed by atoms with van der Waals surface area (Å²) < 4.78 is 13.9.